The summed E-state index contributed by atoms with van der Waals surface area (Å²) in [6.45, 7) is 2.39. The summed E-state index contributed by atoms with van der Waals surface area (Å²) in [5.74, 6) is 0.624. The van der Waals surface area contributed by atoms with E-state index in [1.54, 1.807) is 13.1 Å². The molecular formula is C17H21FN2O3. The van der Waals surface area contributed by atoms with Crippen LogP contribution < -0.4 is 5.32 Å². The van der Waals surface area contributed by atoms with Crippen LogP contribution in [0.15, 0.2) is 22.6 Å². The number of likely N-dealkylation sites (N-methyl/N-ethyl adjacent to an activating group) is 1. The highest BCUT2D eigenvalue weighted by molar-refractivity contribution is 5.82. The van der Waals surface area contributed by atoms with Gasteiger partial charge in [0, 0.05) is 24.5 Å². The van der Waals surface area contributed by atoms with E-state index in [1.165, 1.54) is 17.0 Å². The van der Waals surface area contributed by atoms with Gasteiger partial charge in [-0.3, -0.25) is 0 Å². The Morgan fingerprint density at radius 3 is 2.96 bits per heavy atom. The van der Waals surface area contributed by atoms with Crippen LogP contribution in [0, 0.1) is 18.7 Å². The summed E-state index contributed by atoms with van der Waals surface area (Å²) in [7, 11) is 1.65. The number of benzene rings is 1. The smallest absolute Gasteiger partial charge is 0.317 e. The predicted octanol–water partition coefficient (Wildman–Crippen LogP) is 2.79. The van der Waals surface area contributed by atoms with E-state index in [1.807, 2.05) is 6.92 Å². The van der Waals surface area contributed by atoms with Gasteiger partial charge < -0.3 is 19.7 Å². The fourth-order valence-electron chi connectivity index (χ4n) is 2.70. The van der Waals surface area contributed by atoms with Crippen molar-refractivity contribution in [2.75, 3.05) is 13.6 Å². The topological polar surface area (TPSA) is 65.7 Å². The van der Waals surface area contributed by atoms with Gasteiger partial charge in [0.25, 0.3) is 0 Å². The lowest BCUT2D eigenvalue weighted by atomic mass is 10.1. The molecule has 5 nitrogen and oxygen atoms in total. The Morgan fingerprint density at radius 2 is 2.26 bits per heavy atom. The fraction of sp³-hybridized carbons (Fsp3) is 0.471. The number of furan rings is 1. The predicted molar refractivity (Wildman–Crippen MR) is 84.5 cm³/mol. The summed E-state index contributed by atoms with van der Waals surface area (Å²) in [6, 6.07) is 4.09. The molecule has 1 aromatic carbocycles. The molecule has 2 aromatic rings. The minimum atomic E-state index is -0.457. The number of aliphatic hydroxyl groups excluding tert-OH is 1. The van der Waals surface area contributed by atoms with Gasteiger partial charge in [0.05, 0.1) is 12.6 Å². The van der Waals surface area contributed by atoms with Crippen molar-refractivity contribution in [3.05, 3.63) is 35.3 Å². The zero-order chi connectivity index (χ0) is 16.6. The van der Waals surface area contributed by atoms with Gasteiger partial charge in [-0.15, -0.1) is 0 Å². The minimum absolute atomic E-state index is 0.227. The number of urea groups is 1. The molecule has 1 fully saturated rings. The van der Waals surface area contributed by atoms with Crippen molar-refractivity contribution in [3.63, 3.8) is 0 Å². The molecule has 1 aromatic heterocycles. The molecule has 1 unspecified atom stereocenters. The van der Waals surface area contributed by atoms with E-state index in [-0.39, 0.29) is 18.4 Å². The molecule has 1 aliphatic rings. The van der Waals surface area contributed by atoms with Crippen LogP contribution in [0.5, 0.6) is 0 Å². The third kappa shape index (κ3) is 3.47. The number of amides is 2. The fourth-order valence-corrected chi connectivity index (χ4v) is 2.70. The summed E-state index contributed by atoms with van der Waals surface area (Å²) in [5.41, 5.74) is 1.42. The summed E-state index contributed by atoms with van der Waals surface area (Å²) >= 11 is 0. The van der Waals surface area contributed by atoms with Gasteiger partial charge in [0.2, 0.25) is 0 Å². The zero-order valence-electron chi connectivity index (χ0n) is 13.3. The first-order valence-electron chi connectivity index (χ1n) is 7.80. The molecule has 3 rings (SSSR count). The largest absolute Gasteiger partial charge is 0.459 e. The number of hydrogen-bond acceptors (Lipinski definition) is 3. The number of carbonyl (C=O) groups is 1. The van der Waals surface area contributed by atoms with Crippen molar-refractivity contribution in [3.8, 4) is 0 Å². The molecule has 0 aliphatic heterocycles. The van der Waals surface area contributed by atoms with Crippen LogP contribution >= 0.6 is 0 Å². The zero-order valence-corrected chi connectivity index (χ0v) is 13.3. The highest BCUT2D eigenvalue weighted by Crippen LogP contribution is 2.32. The summed E-state index contributed by atoms with van der Waals surface area (Å²) in [5, 5.41) is 13.4. The molecule has 6 heteroatoms. The number of aryl methyl sites for hydroxylation is 1. The maximum atomic E-state index is 13.3. The first kappa shape index (κ1) is 15.8. The number of fused-ring (bicyclic) bond motifs is 1. The van der Waals surface area contributed by atoms with Gasteiger partial charge in [-0.2, -0.15) is 0 Å². The van der Waals surface area contributed by atoms with E-state index in [9.17, 15) is 14.3 Å². The summed E-state index contributed by atoms with van der Waals surface area (Å²) < 4.78 is 19.0. The highest BCUT2D eigenvalue weighted by Gasteiger charge is 2.31. The lowest BCUT2D eigenvalue weighted by Gasteiger charge is -2.21. The van der Waals surface area contributed by atoms with Crippen molar-refractivity contribution in [2.45, 2.75) is 32.4 Å². The molecular weight excluding hydrogens is 299 g/mol. The van der Waals surface area contributed by atoms with Gasteiger partial charge in [0.1, 0.15) is 17.2 Å². The molecule has 1 atom stereocenters. The van der Waals surface area contributed by atoms with Crippen LogP contribution in [0.25, 0.3) is 11.0 Å². The summed E-state index contributed by atoms with van der Waals surface area (Å²) in [4.78, 5) is 13.6. The Kier molecular flexibility index (Phi) is 4.26. The normalized spacial score (nSPS) is 15.7. The monoisotopic (exact) mass is 320 g/mol. The van der Waals surface area contributed by atoms with Gasteiger partial charge in [-0.05, 0) is 43.9 Å². The SMILES string of the molecule is Cc1c(CNC(=O)N(C)CC(O)C2CC2)oc2ccc(F)cc12. The average molecular weight is 320 g/mol. The van der Waals surface area contributed by atoms with Gasteiger partial charge >= 0.3 is 6.03 Å². The minimum Gasteiger partial charge on any atom is -0.459 e. The Labute approximate surface area is 134 Å². The lowest BCUT2D eigenvalue weighted by Crippen LogP contribution is -2.41. The number of nitrogens with one attached hydrogen (secondary N) is 1. The third-order valence-electron chi connectivity index (χ3n) is 4.37. The Bertz CT molecular complexity index is 724. The van der Waals surface area contributed by atoms with E-state index >= 15 is 0 Å². The first-order chi connectivity index (χ1) is 11.0. The molecule has 1 saturated carbocycles. The van der Waals surface area contributed by atoms with Crippen LogP contribution in [0.1, 0.15) is 24.2 Å². The third-order valence-corrected chi connectivity index (χ3v) is 4.37. The second kappa shape index (κ2) is 6.20. The number of hydrogen-bond donors (Lipinski definition) is 2. The standard InChI is InChI=1S/C17H21FN2O3/c1-10-13-7-12(18)5-6-15(13)23-16(10)8-19-17(22)20(2)9-14(21)11-3-4-11/h5-7,11,14,21H,3-4,8-9H2,1-2H3,(H,19,22). The molecule has 1 heterocycles. The Hall–Kier alpha value is -2.08. The van der Waals surface area contributed by atoms with E-state index in [0.717, 1.165) is 18.4 Å². The van der Waals surface area contributed by atoms with Crippen molar-refractivity contribution in [1.29, 1.82) is 0 Å². The average Bonchev–Trinajstić information content (AvgIpc) is 3.32. The Balaban J connectivity index is 1.61. The second-order valence-electron chi connectivity index (χ2n) is 6.23. The van der Waals surface area contributed by atoms with Crippen molar-refractivity contribution in [1.82, 2.24) is 10.2 Å². The molecule has 2 N–H and O–H groups in total. The van der Waals surface area contributed by atoms with Crippen LogP contribution in [0.3, 0.4) is 0 Å². The van der Waals surface area contributed by atoms with Crippen molar-refractivity contribution in [2.24, 2.45) is 5.92 Å². The van der Waals surface area contributed by atoms with E-state index < -0.39 is 6.10 Å². The molecule has 2 amide bonds. The van der Waals surface area contributed by atoms with Crippen LogP contribution in [-0.4, -0.2) is 35.7 Å². The number of aliphatic hydroxyl groups is 1. The van der Waals surface area contributed by atoms with Gasteiger partial charge in [-0.1, -0.05) is 0 Å². The van der Waals surface area contributed by atoms with Crippen molar-refractivity contribution < 1.29 is 18.7 Å². The van der Waals surface area contributed by atoms with Gasteiger partial charge in [-0.25, -0.2) is 9.18 Å². The van der Waals surface area contributed by atoms with Crippen molar-refractivity contribution >= 4 is 17.0 Å². The quantitative estimate of drug-likeness (QED) is 0.890. The number of nitrogens with zero attached hydrogens (tertiary/aromatic N) is 1. The number of halogens is 1. The molecule has 0 bridgehead atoms. The van der Waals surface area contributed by atoms with E-state index in [2.05, 4.69) is 5.32 Å². The maximum absolute atomic E-state index is 13.3. The molecule has 0 radical (unpaired) electrons. The van der Waals surface area contributed by atoms with Crippen LogP contribution in [0.2, 0.25) is 0 Å². The molecule has 124 valence electrons. The highest BCUT2D eigenvalue weighted by atomic mass is 19.1. The molecule has 1 aliphatic carbocycles. The maximum Gasteiger partial charge on any atom is 0.317 e. The second-order valence-corrected chi connectivity index (χ2v) is 6.23. The Morgan fingerprint density at radius 1 is 1.52 bits per heavy atom. The first-order valence-corrected chi connectivity index (χ1v) is 7.80. The molecule has 0 spiro atoms. The molecule has 0 saturated heterocycles. The number of carbonyl (C=O) groups excluding carboxylic acids is 1. The lowest BCUT2D eigenvalue weighted by molar-refractivity contribution is 0.113. The summed E-state index contributed by atoms with van der Waals surface area (Å²) in [6.07, 6.45) is 1.61. The van der Waals surface area contributed by atoms with Gasteiger partial charge in [0.15, 0.2) is 0 Å². The van der Waals surface area contributed by atoms with Crippen LogP contribution in [-0.2, 0) is 6.54 Å². The van der Waals surface area contributed by atoms with Crippen LogP contribution in [0.4, 0.5) is 9.18 Å². The molecule has 23 heavy (non-hydrogen) atoms. The number of rotatable bonds is 5. The van der Waals surface area contributed by atoms with E-state index in [0.29, 0.717) is 29.2 Å². The van der Waals surface area contributed by atoms with E-state index in [4.69, 9.17) is 4.42 Å².